The quantitative estimate of drug-likeness (QED) is 0.811. The lowest BCUT2D eigenvalue weighted by Crippen LogP contribution is -2.50. The summed E-state index contributed by atoms with van der Waals surface area (Å²) in [5.74, 6) is -0.620. The van der Waals surface area contributed by atoms with Crippen LogP contribution in [0.3, 0.4) is 0 Å². The predicted molar refractivity (Wildman–Crippen MR) is 108 cm³/mol. The number of nitrogens with zero attached hydrogens (tertiary/aromatic N) is 2. The van der Waals surface area contributed by atoms with Crippen LogP contribution in [0, 0.1) is 18.7 Å². The molecular formula is C22H27FN4O2. The second-order valence-electron chi connectivity index (χ2n) is 7.37. The molecular weight excluding hydrogens is 371 g/mol. The molecule has 0 unspecified atom stereocenters. The Balaban J connectivity index is 1.71. The first-order chi connectivity index (χ1) is 14.0. The zero-order valence-corrected chi connectivity index (χ0v) is 16.8. The number of aryl methyl sites for hydroxylation is 1. The molecule has 1 aliphatic heterocycles. The highest BCUT2D eigenvalue weighted by Crippen LogP contribution is 2.34. The smallest absolute Gasteiger partial charge is 0.317 e. The number of halogens is 1. The Morgan fingerprint density at radius 2 is 2.07 bits per heavy atom. The normalized spacial score (nSPS) is 18.9. The molecule has 1 aromatic heterocycles. The molecule has 1 saturated heterocycles. The van der Waals surface area contributed by atoms with Crippen LogP contribution >= 0.6 is 0 Å². The lowest BCUT2D eigenvalue weighted by Gasteiger charge is -2.39. The molecule has 1 aliphatic rings. The highest BCUT2D eigenvalue weighted by Gasteiger charge is 2.35. The molecule has 1 fully saturated rings. The van der Waals surface area contributed by atoms with E-state index in [0.717, 1.165) is 11.1 Å². The minimum atomic E-state index is -0.285. The second kappa shape index (κ2) is 9.49. The number of hydrogen-bond acceptors (Lipinski definition) is 3. The van der Waals surface area contributed by atoms with E-state index in [-0.39, 0.29) is 29.7 Å². The number of piperidine rings is 1. The van der Waals surface area contributed by atoms with Crippen LogP contribution in [-0.4, -0.2) is 34.9 Å². The van der Waals surface area contributed by atoms with Gasteiger partial charge in [0.15, 0.2) is 0 Å². The van der Waals surface area contributed by atoms with Gasteiger partial charge in [-0.25, -0.2) is 9.18 Å². The Hall–Kier alpha value is -2.96. The van der Waals surface area contributed by atoms with Crippen LogP contribution in [0.4, 0.5) is 9.18 Å². The highest BCUT2D eigenvalue weighted by molar-refractivity contribution is 5.81. The van der Waals surface area contributed by atoms with Crippen molar-refractivity contribution >= 4 is 11.9 Å². The van der Waals surface area contributed by atoms with Crippen molar-refractivity contribution in [3.63, 3.8) is 0 Å². The molecule has 2 N–H and O–H groups in total. The number of aromatic nitrogens is 1. The van der Waals surface area contributed by atoms with Crippen LogP contribution in [0.2, 0.25) is 0 Å². The Labute approximate surface area is 170 Å². The van der Waals surface area contributed by atoms with Crippen LogP contribution < -0.4 is 10.6 Å². The van der Waals surface area contributed by atoms with Gasteiger partial charge in [0.25, 0.3) is 0 Å². The Morgan fingerprint density at radius 3 is 2.76 bits per heavy atom. The van der Waals surface area contributed by atoms with E-state index >= 15 is 0 Å². The van der Waals surface area contributed by atoms with E-state index < -0.39 is 0 Å². The molecule has 6 nitrogen and oxygen atoms in total. The maximum Gasteiger partial charge on any atom is 0.317 e. The molecule has 3 amide bonds. The number of pyridine rings is 1. The van der Waals surface area contributed by atoms with Crippen LogP contribution in [-0.2, 0) is 11.3 Å². The first-order valence-electron chi connectivity index (χ1n) is 9.96. The summed E-state index contributed by atoms with van der Waals surface area (Å²) in [4.78, 5) is 31.1. The summed E-state index contributed by atoms with van der Waals surface area (Å²) in [5, 5.41) is 5.78. The predicted octanol–water partition coefficient (Wildman–Crippen LogP) is 3.33. The van der Waals surface area contributed by atoms with E-state index in [1.807, 2.05) is 19.1 Å². The number of carbonyl (C=O) groups excluding carboxylic acids is 2. The summed E-state index contributed by atoms with van der Waals surface area (Å²) in [6.45, 7) is 4.81. The molecule has 154 valence electrons. The second-order valence-corrected chi connectivity index (χ2v) is 7.37. The Kier molecular flexibility index (Phi) is 6.80. The summed E-state index contributed by atoms with van der Waals surface area (Å²) in [7, 11) is 0. The minimum absolute atomic E-state index is 0.0723. The van der Waals surface area contributed by atoms with Crippen LogP contribution in [0.5, 0.6) is 0 Å². The monoisotopic (exact) mass is 398 g/mol. The van der Waals surface area contributed by atoms with E-state index in [1.54, 1.807) is 36.4 Å². The minimum Gasteiger partial charge on any atom is -0.352 e. The molecule has 7 heteroatoms. The number of amides is 3. The molecule has 2 atom stereocenters. The zero-order chi connectivity index (χ0) is 20.8. The fraction of sp³-hybridized carbons (Fsp3) is 0.409. The van der Waals surface area contributed by atoms with Crippen LogP contribution in [0.25, 0.3) is 0 Å². The summed E-state index contributed by atoms with van der Waals surface area (Å²) in [6, 6.07) is 8.30. The van der Waals surface area contributed by atoms with Crippen molar-refractivity contribution in [3.8, 4) is 0 Å². The van der Waals surface area contributed by atoms with Gasteiger partial charge >= 0.3 is 6.03 Å². The van der Waals surface area contributed by atoms with Gasteiger partial charge in [-0.3, -0.25) is 9.78 Å². The topological polar surface area (TPSA) is 74.3 Å². The third kappa shape index (κ3) is 5.10. The third-order valence-corrected chi connectivity index (χ3v) is 5.30. The standard InChI is InChI=1S/C22H27FN4O2/c1-3-25-22(29)27-14-18(21(28)26-13-16-5-4-10-24-12-16)7-9-20(27)17-6-8-19(23)15(2)11-17/h4-6,8,10-12,18,20H,3,7,9,13-14H2,1-2H3,(H,25,29)(H,26,28)/t18-,20-/m1/s1. The third-order valence-electron chi connectivity index (χ3n) is 5.30. The molecule has 29 heavy (non-hydrogen) atoms. The Bertz CT molecular complexity index is 859. The summed E-state index contributed by atoms with van der Waals surface area (Å²) in [6.07, 6.45) is 4.71. The largest absolute Gasteiger partial charge is 0.352 e. The van der Waals surface area contributed by atoms with E-state index in [2.05, 4.69) is 15.6 Å². The zero-order valence-electron chi connectivity index (χ0n) is 16.8. The lowest BCUT2D eigenvalue weighted by molar-refractivity contribution is -0.126. The fourth-order valence-corrected chi connectivity index (χ4v) is 3.72. The number of carbonyl (C=O) groups is 2. The van der Waals surface area contributed by atoms with Crippen molar-refractivity contribution in [3.05, 3.63) is 65.2 Å². The number of hydrogen-bond donors (Lipinski definition) is 2. The van der Waals surface area contributed by atoms with Gasteiger partial charge in [-0.1, -0.05) is 18.2 Å². The molecule has 0 bridgehead atoms. The molecule has 0 radical (unpaired) electrons. The number of likely N-dealkylation sites (tertiary alicyclic amines) is 1. The average Bonchev–Trinajstić information content (AvgIpc) is 2.74. The maximum atomic E-state index is 13.7. The van der Waals surface area contributed by atoms with E-state index in [1.165, 1.54) is 6.07 Å². The maximum absolute atomic E-state index is 13.7. The summed E-state index contributed by atoms with van der Waals surface area (Å²) in [5.41, 5.74) is 2.37. The fourth-order valence-electron chi connectivity index (χ4n) is 3.72. The molecule has 2 aromatic rings. The van der Waals surface area contributed by atoms with Gasteiger partial charge in [0.05, 0.1) is 12.0 Å². The number of benzene rings is 1. The van der Waals surface area contributed by atoms with E-state index in [4.69, 9.17) is 0 Å². The van der Waals surface area contributed by atoms with E-state index in [9.17, 15) is 14.0 Å². The van der Waals surface area contributed by atoms with Gasteiger partial charge in [0.1, 0.15) is 5.82 Å². The van der Waals surface area contributed by atoms with E-state index in [0.29, 0.717) is 38.0 Å². The molecule has 2 heterocycles. The molecule has 0 saturated carbocycles. The molecule has 0 spiro atoms. The highest BCUT2D eigenvalue weighted by atomic mass is 19.1. The molecule has 0 aliphatic carbocycles. The number of urea groups is 1. The van der Waals surface area contributed by atoms with Gasteiger partial charge in [0.2, 0.25) is 5.91 Å². The van der Waals surface area contributed by atoms with Crippen molar-refractivity contribution in [2.45, 2.75) is 39.3 Å². The van der Waals surface area contributed by atoms with Crippen molar-refractivity contribution in [2.24, 2.45) is 5.92 Å². The first-order valence-corrected chi connectivity index (χ1v) is 9.96. The van der Waals surface area contributed by atoms with Crippen molar-refractivity contribution in [2.75, 3.05) is 13.1 Å². The van der Waals surface area contributed by atoms with Gasteiger partial charge in [-0.2, -0.15) is 0 Å². The number of nitrogens with one attached hydrogen (secondary N) is 2. The van der Waals surface area contributed by atoms with Crippen molar-refractivity contribution < 1.29 is 14.0 Å². The van der Waals surface area contributed by atoms with Crippen LogP contribution in [0.15, 0.2) is 42.7 Å². The summed E-state index contributed by atoms with van der Waals surface area (Å²) >= 11 is 0. The van der Waals surface area contributed by atoms with Crippen LogP contribution in [0.1, 0.15) is 42.5 Å². The van der Waals surface area contributed by atoms with Gasteiger partial charge in [-0.05, 0) is 55.5 Å². The SMILES string of the molecule is CCNC(=O)N1C[C@H](C(=O)NCc2cccnc2)CC[C@@H]1c1ccc(F)c(C)c1. The lowest BCUT2D eigenvalue weighted by atomic mass is 9.88. The van der Waals surface area contributed by atoms with Crippen molar-refractivity contribution in [1.29, 1.82) is 0 Å². The van der Waals surface area contributed by atoms with Gasteiger partial charge in [0, 0.05) is 32.0 Å². The van der Waals surface area contributed by atoms with Gasteiger partial charge in [-0.15, -0.1) is 0 Å². The Morgan fingerprint density at radius 1 is 1.24 bits per heavy atom. The molecule has 1 aromatic carbocycles. The first kappa shape index (κ1) is 20.8. The number of rotatable bonds is 5. The van der Waals surface area contributed by atoms with Gasteiger partial charge < -0.3 is 15.5 Å². The summed E-state index contributed by atoms with van der Waals surface area (Å²) < 4.78 is 13.7. The molecule has 3 rings (SSSR count). The van der Waals surface area contributed by atoms with Crippen molar-refractivity contribution in [1.82, 2.24) is 20.5 Å². The average molecular weight is 398 g/mol.